The Morgan fingerprint density at radius 1 is 1.23 bits per heavy atom. The van der Waals surface area contributed by atoms with E-state index in [9.17, 15) is 19.5 Å². The van der Waals surface area contributed by atoms with Gasteiger partial charge in [-0.25, -0.2) is 0 Å². The summed E-state index contributed by atoms with van der Waals surface area (Å²) in [6, 6.07) is 7.40. The second-order valence-electron chi connectivity index (χ2n) is 8.42. The molecule has 0 saturated heterocycles. The molecule has 1 aromatic heterocycles. The lowest BCUT2D eigenvalue weighted by molar-refractivity contribution is -0.141. The van der Waals surface area contributed by atoms with Gasteiger partial charge in [-0.1, -0.05) is 44.4 Å². The summed E-state index contributed by atoms with van der Waals surface area (Å²) < 4.78 is 2.24. The van der Waals surface area contributed by atoms with E-state index in [1.54, 1.807) is 0 Å². The Kier molecular flexibility index (Phi) is 8.09. The molecule has 0 spiro atoms. The number of fused-ring (bicyclic) bond motifs is 5. The van der Waals surface area contributed by atoms with Crippen molar-refractivity contribution in [3.8, 4) is 0 Å². The third-order valence-electron chi connectivity index (χ3n) is 5.98. The predicted molar refractivity (Wildman–Crippen MR) is 120 cm³/mol. The highest BCUT2D eigenvalue weighted by molar-refractivity contribution is 5.91. The van der Waals surface area contributed by atoms with Crippen LogP contribution in [-0.2, 0) is 27.3 Å². The van der Waals surface area contributed by atoms with Crippen LogP contribution in [0.15, 0.2) is 30.5 Å². The number of carbonyl (C=O) groups excluding carboxylic acids is 2. The molecule has 0 radical (unpaired) electrons. The zero-order valence-corrected chi connectivity index (χ0v) is 18.2. The van der Waals surface area contributed by atoms with Gasteiger partial charge in [0.05, 0.1) is 6.42 Å². The van der Waals surface area contributed by atoms with Crippen molar-refractivity contribution in [2.45, 2.75) is 70.9 Å². The molecule has 0 fully saturated rings. The molecule has 2 bridgehead atoms. The molecule has 0 saturated carbocycles. The Labute approximate surface area is 183 Å². The quantitative estimate of drug-likeness (QED) is 0.659. The summed E-state index contributed by atoms with van der Waals surface area (Å²) in [6.07, 6.45) is 7.55. The summed E-state index contributed by atoms with van der Waals surface area (Å²) in [7, 11) is 0. The summed E-state index contributed by atoms with van der Waals surface area (Å²) in [5.74, 6) is -2.22. The number of amides is 2. The monoisotopic (exact) mass is 427 g/mol. The van der Waals surface area contributed by atoms with Crippen molar-refractivity contribution < 1.29 is 19.5 Å². The highest BCUT2D eigenvalue weighted by Crippen LogP contribution is 2.24. The zero-order valence-electron chi connectivity index (χ0n) is 18.2. The van der Waals surface area contributed by atoms with Crippen LogP contribution in [0.5, 0.6) is 0 Å². The molecule has 0 unspecified atom stereocenters. The number of rotatable bonds is 6. The molecular formula is C24H33N3O4. The third kappa shape index (κ3) is 6.09. The number of aromatic nitrogens is 1. The maximum absolute atomic E-state index is 13.0. The summed E-state index contributed by atoms with van der Waals surface area (Å²) in [5.41, 5.74) is 2.15. The van der Waals surface area contributed by atoms with E-state index in [4.69, 9.17) is 0 Å². The van der Waals surface area contributed by atoms with Crippen molar-refractivity contribution in [3.63, 3.8) is 0 Å². The number of nitrogens with one attached hydrogen (secondary N) is 2. The van der Waals surface area contributed by atoms with Crippen LogP contribution < -0.4 is 10.6 Å². The van der Waals surface area contributed by atoms with E-state index in [1.165, 1.54) is 0 Å². The van der Waals surface area contributed by atoms with E-state index in [-0.39, 0.29) is 18.2 Å². The van der Waals surface area contributed by atoms with Crippen molar-refractivity contribution in [1.29, 1.82) is 0 Å². The van der Waals surface area contributed by atoms with Gasteiger partial charge in [0.25, 0.3) is 0 Å². The SMILES string of the molecule is CCC[C@H](CC(=O)O)C(=O)N[C@H]1Cc2cn(c3ccccc23)CCCCCCNC1=O. The predicted octanol–water partition coefficient (Wildman–Crippen LogP) is 3.25. The van der Waals surface area contributed by atoms with Gasteiger partial charge in [-0.3, -0.25) is 14.4 Å². The van der Waals surface area contributed by atoms with Gasteiger partial charge >= 0.3 is 5.97 Å². The van der Waals surface area contributed by atoms with Gasteiger partial charge in [-0.15, -0.1) is 0 Å². The Bertz CT molecular complexity index is 921. The number of carboxylic acids is 1. The minimum atomic E-state index is -1.00. The molecule has 0 aliphatic carbocycles. The van der Waals surface area contributed by atoms with Crippen molar-refractivity contribution in [2.24, 2.45) is 5.92 Å². The molecule has 7 heteroatoms. The second-order valence-corrected chi connectivity index (χ2v) is 8.42. The van der Waals surface area contributed by atoms with Crippen LogP contribution in [-0.4, -0.2) is 40.0 Å². The number of para-hydroxylation sites is 1. The maximum atomic E-state index is 13.0. The number of aryl methyl sites for hydroxylation is 1. The second kappa shape index (κ2) is 11.0. The molecule has 7 nitrogen and oxygen atoms in total. The van der Waals surface area contributed by atoms with E-state index >= 15 is 0 Å². The number of hydrogen-bond acceptors (Lipinski definition) is 3. The Morgan fingerprint density at radius 2 is 2.00 bits per heavy atom. The van der Waals surface area contributed by atoms with Crippen LogP contribution in [0.4, 0.5) is 0 Å². The standard InChI is InChI=1S/C24H33N3O4/c1-2-9-17(15-22(28)29)23(30)26-20-14-18-16-27(21-11-6-5-10-19(18)21)13-8-4-3-7-12-25-24(20)31/h5-6,10-11,16-17,20H,2-4,7-9,12-15H2,1H3,(H,25,31)(H,26,30)(H,28,29)/t17-,20+/m1/s1. The zero-order chi connectivity index (χ0) is 22.2. The lowest BCUT2D eigenvalue weighted by Crippen LogP contribution is -2.50. The molecule has 2 aromatic rings. The van der Waals surface area contributed by atoms with Gasteiger partial charge in [-0.2, -0.15) is 0 Å². The van der Waals surface area contributed by atoms with Crippen molar-refractivity contribution in [3.05, 3.63) is 36.0 Å². The molecule has 31 heavy (non-hydrogen) atoms. The molecule has 3 N–H and O–H groups in total. The lowest BCUT2D eigenvalue weighted by atomic mass is 9.97. The molecule has 2 atom stereocenters. The molecule has 1 aromatic carbocycles. The minimum Gasteiger partial charge on any atom is -0.481 e. The molecule has 1 aliphatic rings. The number of nitrogens with zero attached hydrogens (tertiary/aromatic N) is 1. The summed E-state index contributed by atoms with van der Waals surface area (Å²) in [5, 5.41) is 16.1. The maximum Gasteiger partial charge on any atom is 0.304 e. The highest BCUT2D eigenvalue weighted by atomic mass is 16.4. The molecule has 168 valence electrons. The van der Waals surface area contributed by atoms with Gasteiger partial charge in [0.15, 0.2) is 0 Å². The van der Waals surface area contributed by atoms with E-state index < -0.39 is 17.9 Å². The van der Waals surface area contributed by atoms with Gasteiger partial charge < -0.3 is 20.3 Å². The van der Waals surface area contributed by atoms with E-state index in [1.807, 2.05) is 25.1 Å². The first-order valence-electron chi connectivity index (χ1n) is 11.4. The third-order valence-corrected chi connectivity index (χ3v) is 5.98. The van der Waals surface area contributed by atoms with Crippen LogP contribution in [0.1, 0.15) is 57.4 Å². The summed E-state index contributed by atoms with van der Waals surface area (Å²) in [6.45, 7) is 3.43. The summed E-state index contributed by atoms with van der Waals surface area (Å²) in [4.78, 5) is 37.0. The number of carbonyl (C=O) groups is 3. The first-order chi connectivity index (χ1) is 15.0. The lowest BCUT2D eigenvalue weighted by Gasteiger charge is -2.21. The normalized spacial score (nSPS) is 18.9. The van der Waals surface area contributed by atoms with Gasteiger partial charge in [-0.05, 0) is 30.9 Å². The van der Waals surface area contributed by atoms with Gasteiger partial charge in [0.1, 0.15) is 6.04 Å². The minimum absolute atomic E-state index is 0.213. The fourth-order valence-corrected chi connectivity index (χ4v) is 4.37. The fourth-order valence-electron chi connectivity index (χ4n) is 4.37. The van der Waals surface area contributed by atoms with Crippen LogP contribution in [0.25, 0.3) is 10.9 Å². The van der Waals surface area contributed by atoms with Crippen molar-refractivity contribution in [1.82, 2.24) is 15.2 Å². The molecule has 1 aliphatic heterocycles. The van der Waals surface area contributed by atoms with Gasteiger partial charge in [0.2, 0.25) is 11.8 Å². The highest BCUT2D eigenvalue weighted by Gasteiger charge is 2.28. The van der Waals surface area contributed by atoms with E-state index in [2.05, 4.69) is 27.5 Å². The summed E-state index contributed by atoms with van der Waals surface area (Å²) >= 11 is 0. The Hall–Kier alpha value is -2.83. The molecule has 2 heterocycles. The molecule has 2 amide bonds. The van der Waals surface area contributed by atoms with Gasteiger partial charge in [0, 0.05) is 42.5 Å². The van der Waals surface area contributed by atoms with Crippen molar-refractivity contribution >= 4 is 28.7 Å². The molecule has 3 rings (SSSR count). The Balaban J connectivity index is 1.88. The van der Waals surface area contributed by atoms with Crippen LogP contribution in [0, 0.1) is 5.92 Å². The fraction of sp³-hybridized carbons (Fsp3) is 0.542. The first kappa shape index (κ1) is 22.8. The first-order valence-corrected chi connectivity index (χ1v) is 11.4. The number of carboxylic acid groups (broad SMARTS) is 1. The van der Waals surface area contributed by atoms with Crippen LogP contribution >= 0.6 is 0 Å². The van der Waals surface area contributed by atoms with Crippen LogP contribution in [0.2, 0.25) is 0 Å². The largest absolute Gasteiger partial charge is 0.481 e. The van der Waals surface area contributed by atoms with Crippen LogP contribution in [0.3, 0.4) is 0 Å². The Morgan fingerprint density at radius 3 is 2.77 bits per heavy atom. The molecular weight excluding hydrogens is 394 g/mol. The average Bonchev–Trinajstić information content (AvgIpc) is 3.09. The van der Waals surface area contributed by atoms with E-state index in [0.29, 0.717) is 25.8 Å². The topological polar surface area (TPSA) is 100 Å². The number of hydrogen-bond donors (Lipinski definition) is 3. The average molecular weight is 428 g/mol. The number of benzene rings is 1. The van der Waals surface area contributed by atoms with Crippen molar-refractivity contribution in [2.75, 3.05) is 6.54 Å². The number of aliphatic carboxylic acids is 1. The van der Waals surface area contributed by atoms with E-state index in [0.717, 1.165) is 48.7 Å². The smallest absolute Gasteiger partial charge is 0.304 e.